The summed E-state index contributed by atoms with van der Waals surface area (Å²) < 4.78 is 36.8. The van der Waals surface area contributed by atoms with Crippen LogP contribution in [-0.2, 0) is 0 Å². The summed E-state index contributed by atoms with van der Waals surface area (Å²) in [5.41, 5.74) is 0.418. The number of hydrogen-bond donors (Lipinski definition) is 0. The van der Waals surface area contributed by atoms with Crippen molar-refractivity contribution >= 4 is 22.5 Å². The first kappa shape index (κ1) is 33.9. The fourth-order valence-electron chi connectivity index (χ4n) is 9.04. The lowest BCUT2D eigenvalue weighted by atomic mass is 9.83. The van der Waals surface area contributed by atoms with E-state index >= 15 is 0 Å². The second kappa shape index (κ2) is 14.0. The summed E-state index contributed by atoms with van der Waals surface area (Å²) in [6.45, 7) is 23.9. The summed E-state index contributed by atoms with van der Waals surface area (Å²) in [6.07, 6.45) is 18.4. The van der Waals surface area contributed by atoms with Gasteiger partial charge in [0.05, 0.1) is 0 Å². The molecule has 0 N–H and O–H groups in total. The van der Waals surface area contributed by atoms with Crippen molar-refractivity contribution in [2.24, 2.45) is 30.8 Å². The predicted octanol–water partition coefficient (Wildman–Crippen LogP) is 9.49. The van der Waals surface area contributed by atoms with E-state index < -0.39 is 22.5 Å². The van der Waals surface area contributed by atoms with Crippen LogP contribution >= 0.6 is 22.5 Å². The smallest absolute Gasteiger partial charge is 0.221 e. The highest BCUT2D eigenvalue weighted by Crippen LogP contribution is 2.84. The number of piperidine rings is 2. The number of nitrogens with zero attached hydrogens (tertiary/aromatic N) is 9. The lowest BCUT2D eigenvalue weighted by molar-refractivity contribution is 0.193. The average molecular weight is 682 g/mol. The Hall–Kier alpha value is 0.450. The Bertz CT molecular complexity index is 1160. The van der Waals surface area contributed by atoms with E-state index in [9.17, 15) is 0 Å². The highest BCUT2D eigenvalue weighted by Gasteiger charge is 2.53. The van der Waals surface area contributed by atoms with Gasteiger partial charge in [-0.2, -0.15) is 13.5 Å². The lowest BCUT2D eigenvalue weighted by Crippen LogP contribution is -2.41. The maximum Gasteiger partial charge on any atom is 0.221 e. The molecular weight excluding hydrogens is 615 g/mol. The molecule has 0 amide bonds. The fraction of sp³-hybridized carbons (Fsp3) is 1.00. The summed E-state index contributed by atoms with van der Waals surface area (Å²) in [5.74, 6) is 1.68. The molecule has 7 aliphatic rings. The Balaban J connectivity index is 1.43. The predicted molar refractivity (Wildman–Crippen MR) is 194 cm³/mol. The van der Waals surface area contributed by atoms with Gasteiger partial charge < -0.3 is 0 Å². The highest BCUT2D eigenvalue weighted by molar-refractivity contribution is 7.83. The average Bonchev–Trinajstić information content (AvgIpc) is 3.88. The molecule has 7 heterocycles. The molecular formula is C33H66N9P3. The molecule has 6 fully saturated rings. The van der Waals surface area contributed by atoms with Crippen LogP contribution in [0, 0.1) is 17.3 Å². The molecule has 2 unspecified atom stereocenters. The molecule has 7 rings (SSSR count). The molecule has 0 saturated carbocycles. The first-order chi connectivity index (χ1) is 21.7. The van der Waals surface area contributed by atoms with Gasteiger partial charge in [0.2, 0.25) is 22.5 Å². The molecule has 45 heavy (non-hydrogen) atoms. The molecule has 258 valence electrons. The molecule has 9 nitrogen and oxygen atoms in total. The number of hydrogen-bond acceptors (Lipinski definition) is 9. The van der Waals surface area contributed by atoms with E-state index in [0.29, 0.717) is 5.41 Å². The van der Waals surface area contributed by atoms with Gasteiger partial charge in [0.1, 0.15) is 0 Å². The molecule has 0 aromatic carbocycles. The summed E-state index contributed by atoms with van der Waals surface area (Å²) >= 11 is 0. The molecule has 12 heteroatoms. The van der Waals surface area contributed by atoms with E-state index in [2.05, 4.69) is 55.7 Å². The Morgan fingerprint density at radius 1 is 0.511 bits per heavy atom. The molecule has 0 spiro atoms. The lowest BCUT2D eigenvalue weighted by Gasteiger charge is -2.53. The van der Waals surface area contributed by atoms with Crippen molar-refractivity contribution in [3.05, 3.63) is 0 Å². The largest absolute Gasteiger partial charge is 0.240 e. The first-order valence-corrected chi connectivity index (χ1v) is 24.0. The summed E-state index contributed by atoms with van der Waals surface area (Å²) in [4.78, 5) is 0. The van der Waals surface area contributed by atoms with Crippen molar-refractivity contribution in [2.45, 2.75) is 118 Å². The SMILES string of the molecule is CC(C)CCC1CCN(P2(N3CCCC3)=NP(N3CCCC3)(N3CCCC3)=NP(N3CCCC3)(N3CCC(C)(C)CC3)=N2)CC1. The monoisotopic (exact) mass is 681 g/mol. The molecule has 0 radical (unpaired) electrons. The van der Waals surface area contributed by atoms with Gasteiger partial charge in [-0.15, -0.1) is 0 Å². The maximum atomic E-state index is 6.51. The Morgan fingerprint density at radius 2 is 0.822 bits per heavy atom. The van der Waals surface area contributed by atoms with E-state index in [4.69, 9.17) is 13.5 Å². The van der Waals surface area contributed by atoms with Gasteiger partial charge in [-0.05, 0) is 94.3 Å². The van der Waals surface area contributed by atoms with Gasteiger partial charge in [0.25, 0.3) is 0 Å². The van der Waals surface area contributed by atoms with E-state index in [0.717, 1.165) is 24.9 Å². The van der Waals surface area contributed by atoms with Crippen LogP contribution in [0.5, 0.6) is 0 Å². The van der Waals surface area contributed by atoms with Crippen LogP contribution in [0.2, 0.25) is 0 Å². The summed E-state index contributed by atoms with van der Waals surface area (Å²) in [5, 5.41) is 0. The van der Waals surface area contributed by atoms with Crippen molar-refractivity contribution in [3.8, 4) is 0 Å². The van der Waals surface area contributed by atoms with E-state index in [1.807, 2.05) is 0 Å². The van der Waals surface area contributed by atoms with Crippen molar-refractivity contribution in [1.29, 1.82) is 0 Å². The molecule has 2 atom stereocenters. The number of rotatable bonds is 9. The van der Waals surface area contributed by atoms with E-state index in [1.54, 1.807) is 0 Å². The first-order valence-electron chi connectivity index (χ1n) is 19.2. The van der Waals surface area contributed by atoms with Gasteiger partial charge >= 0.3 is 0 Å². The minimum Gasteiger partial charge on any atom is -0.240 e. The minimum absolute atomic E-state index is 0.418. The van der Waals surface area contributed by atoms with Crippen molar-refractivity contribution < 1.29 is 0 Å². The Kier molecular flexibility index (Phi) is 10.5. The van der Waals surface area contributed by atoms with Gasteiger partial charge in [-0.3, -0.25) is 0 Å². The van der Waals surface area contributed by atoms with Crippen molar-refractivity contribution in [1.82, 2.24) is 28.0 Å². The highest BCUT2D eigenvalue weighted by atomic mass is 31.3. The summed E-state index contributed by atoms with van der Waals surface area (Å²) in [6, 6.07) is 0. The molecule has 0 aliphatic carbocycles. The third-order valence-electron chi connectivity index (χ3n) is 12.2. The van der Waals surface area contributed by atoms with Crippen LogP contribution in [0.4, 0.5) is 0 Å². The quantitative estimate of drug-likeness (QED) is 0.226. The fourth-order valence-corrected chi connectivity index (χ4v) is 25.6. The van der Waals surface area contributed by atoms with Crippen LogP contribution in [-0.4, -0.2) is 107 Å². The second-order valence-corrected chi connectivity index (χ2v) is 25.3. The van der Waals surface area contributed by atoms with Gasteiger partial charge in [-0.1, -0.05) is 40.5 Å². The van der Waals surface area contributed by atoms with Gasteiger partial charge in [0, 0.05) is 78.5 Å². The van der Waals surface area contributed by atoms with Gasteiger partial charge in [-0.25, -0.2) is 28.0 Å². The van der Waals surface area contributed by atoms with Crippen LogP contribution in [0.15, 0.2) is 13.5 Å². The van der Waals surface area contributed by atoms with Crippen LogP contribution in [0.1, 0.15) is 118 Å². The maximum absolute atomic E-state index is 6.51. The summed E-state index contributed by atoms with van der Waals surface area (Å²) in [7, 11) is -6.93. The van der Waals surface area contributed by atoms with Crippen LogP contribution < -0.4 is 0 Å². The molecule has 0 aromatic rings. The molecule has 0 aromatic heterocycles. The Labute approximate surface area is 276 Å². The Morgan fingerprint density at radius 3 is 1.16 bits per heavy atom. The minimum atomic E-state index is -2.32. The second-order valence-electron chi connectivity index (χ2n) is 16.5. The zero-order valence-electron chi connectivity index (χ0n) is 29.4. The molecule has 0 bridgehead atoms. The molecule has 6 saturated heterocycles. The molecule has 7 aliphatic heterocycles. The zero-order chi connectivity index (χ0) is 31.1. The topological polar surface area (TPSA) is 56.5 Å². The third kappa shape index (κ3) is 6.69. The van der Waals surface area contributed by atoms with E-state index in [1.165, 1.54) is 155 Å². The zero-order valence-corrected chi connectivity index (χ0v) is 32.1. The van der Waals surface area contributed by atoms with Crippen molar-refractivity contribution in [2.75, 3.05) is 78.5 Å². The third-order valence-corrected chi connectivity index (χ3v) is 24.9. The van der Waals surface area contributed by atoms with Crippen LogP contribution in [0.3, 0.4) is 0 Å². The van der Waals surface area contributed by atoms with E-state index in [-0.39, 0.29) is 0 Å². The normalized spacial score (nSPS) is 36.5. The standard InChI is InChI=1S/C33H66N9P3/c1-31(2)13-14-32-15-27-41(28-16-32)44(39-23-9-10-24-39)34-43(37-19-5-6-20-37,38-21-7-8-22-38)35-45(36-44,40-25-11-12-26-40)42-29-17-33(3,4)18-30-42/h31-32H,5-30H2,1-4H3. The van der Waals surface area contributed by atoms with Crippen molar-refractivity contribution in [3.63, 3.8) is 0 Å². The van der Waals surface area contributed by atoms with Crippen LogP contribution in [0.25, 0.3) is 0 Å². The van der Waals surface area contributed by atoms with Gasteiger partial charge in [0.15, 0.2) is 0 Å².